The number of terminal acetylenes is 1. The van der Waals surface area contributed by atoms with Crippen LogP contribution in [-0.2, 0) is 9.47 Å². The standard InChI is InChI=1S/C11H19NO2/c1-5-11(3,12)7-6-8-14-9-10(2)13-4/h1,6,8,10H,7,9,12H2,2-4H3/b8-6+. The first-order valence-corrected chi connectivity index (χ1v) is 4.58. The number of methoxy groups -OCH3 is 1. The Morgan fingerprint density at radius 2 is 2.29 bits per heavy atom. The predicted octanol–water partition coefficient (Wildman–Crippen LogP) is 1.29. The molecule has 3 heteroatoms. The minimum Gasteiger partial charge on any atom is -0.499 e. The number of hydrogen-bond acceptors (Lipinski definition) is 3. The average Bonchev–Trinajstić information content (AvgIpc) is 2.17. The fourth-order valence-electron chi connectivity index (χ4n) is 0.679. The summed E-state index contributed by atoms with van der Waals surface area (Å²) < 4.78 is 10.2. The molecule has 2 atom stereocenters. The zero-order valence-corrected chi connectivity index (χ0v) is 9.12. The summed E-state index contributed by atoms with van der Waals surface area (Å²) in [5.74, 6) is 2.50. The maximum atomic E-state index is 5.72. The average molecular weight is 197 g/mol. The largest absolute Gasteiger partial charge is 0.499 e. The Bertz CT molecular complexity index is 216. The van der Waals surface area contributed by atoms with E-state index >= 15 is 0 Å². The Kier molecular flexibility index (Phi) is 6.02. The molecule has 80 valence electrons. The summed E-state index contributed by atoms with van der Waals surface area (Å²) in [6.45, 7) is 4.27. The van der Waals surface area contributed by atoms with Crippen LogP contribution in [0.2, 0.25) is 0 Å². The molecular formula is C11H19NO2. The molecule has 0 amide bonds. The topological polar surface area (TPSA) is 44.5 Å². The van der Waals surface area contributed by atoms with Gasteiger partial charge in [0.25, 0.3) is 0 Å². The monoisotopic (exact) mass is 197 g/mol. The van der Waals surface area contributed by atoms with Crippen molar-refractivity contribution in [1.82, 2.24) is 0 Å². The summed E-state index contributed by atoms with van der Waals surface area (Å²) in [5, 5.41) is 0. The van der Waals surface area contributed by atoms with E-state index in [1.807, 2.05) is 13.0 Å². The van der Waals surface area contributed by atoms with E-state index < -0.39 is 5.54 Å². The van der Waals surface area contributed by atoms with Gasteiger partial charge in [-0.05, 0) is 26.3 Å². The highest BCUT2D eigenvalue weighted by atomic mass is 16.5. The molecule has 0 aliphatic rings. The summed E-state index contributed by atoms with van der Waals surface area (Å²) >= 11 is 0. The summed E-state index contributed by atoms with van der Waals surface area (Å²) in [6.07, 6.45) is 9.35. The lowest BCUT2D eigenvalue weighted by Gasteiger charge is -2.14. The van der Waals surface area contributed by atoms with Crippen LogP contribution in [0.25, 0.3) is 0 Å². The molecule has 0 heterocycles. The molecule has 0 saturated heterocycles. The maximum absolute atomic E-state index is 5.72. The van der Waals surface area contributed by atoms with Crippen LogP contribution < -0.4 is 5.73 Å². The van der Waals surface area contributed by atoms with Crippen LogP contribution in [0.15, 0.2) is 12.3 Å². The molecule has 0 aromatic carbocycles. The molecule has 0 spiro atoms. The second kappa shape index (κ2) is 6.47. The molecule has 0 fully saturated rings. The molecule has 2 N–H and O–H groups in total. The number of hydrogen-bond donors (Lipinski definition) is 1. The van der Waals surface area contributed by atoms with Crippen LogP contribution in [-0.4, -0.2) is 25.4 Å². The Morgan fingerprint density at radius 3 is 2.79 bits per heavy atom. The normalized spacial score (nSPS) is 17.4. The van der Waals surface area contributed by atoms with Gasteiger partial charge in [-0.1, -0.05) is 5.92 Å². The number of ether oxygens (including phenoxy) is 2. The molecule has 3 nitrogen and oxygen atoms in total. The lowest BCUT2D eigenvalue weighted by molar-refractivity contribution is 0.0545. The molecule has 0 aliphatic carbocycles. The smallest absolute Gasteiger partial charge is 0.113 e. The highest BCUT2D eigenvalue weighted by Crippen LogP contribution is 2.04. The van der Waals surface area contributed by atoms with Crippen molar-refractivity contribution in [3.8, 4) is 12.3 Å². The minimum atomic E-state index is -0.591. The second-order valence-corrected chi connectivity index (χ2v) is 3.52. The van der Waals surface area contributed by atoms with E-state index in [2.05, 4.69) is 5.92 Å². The third kappa shape index (κ3) is 6.53. The van der Waals surface area contributed by atoms with Gasteiger partial charge in [0.05, 0.1) is 17.9 Å². The van der Waals surface area contributed by atoms with E-state index in [1.165, 1.54) is 0 Å². The van der Waals surface area contributed by atoms with Crippen LogP contribution in [0.3, 0.4) is 0 Å². The van der Waals surface area contributed by atoms with Crippen molar-refractivity contribution < 1.29 is 9.47 Å². The first kappa shape index (κ1) is 13.0. The minimum absolute atomic E-state index is 0.0940. The Balaban J connectivity index is 3.61. The quantitative estimate of drug-likeness (QED) is 0.515. The molecule has 0 aromatic heterocycles. The van der Waals surface area contributed by atoms with Crippen LogP contribution in [0.4, 0.5) is 0 Å². The van der Waals surface area contributed by atoms with Gasteiger partial charge < -0.3 is 15.2 Å². The second-order valence-electron chi connectivity index (χ2n) is 3.52. The van der Waals surface area contributed by atoms with E-state index in [0.29, 0.717) is 13.0 Å². The highest BCUT2D eigenvalue weighted by molar-refractivity contribution is 5.10. The Morgan fingerprint density at radius 1 is 1.64 bits per heavy atom. The Hall–Kier alpha value is -0.980. The molecule has 0 bridgehead atoms. The van der Waals surface area contributed by atoms with Crippen LogP contribution in [0, 0.1) is 12.3 Å². The lowest BCUT2D eigenvalue weighted by atomic mass is 10.0. The van der Waals surface area contributed by atoms with E-state index in [4.69, 9.17) is 21.6 Å². The van der Waals surface area contributed by atoms with Gasteiger partial charge in [-0.25, -0.2) is 0 Å². The van der Waals surface area contributed by atoms with Gasteiger partial charge in [0.2, 0.25) is 0 Å². The summed E-state index contributed by atoms with van der Waals surface area (Å²) in [6, 6.07) is 0. The fourth-order valence-corrected chi connectivity index (χ4v) is 0.679. The van der Waals surface area contributed by atoms with Crippen LogP contribution in [0.1, 0.15) is 20.3 Å². The van der Waals surface area contributed by atoms with Gasteiger partial charge in [0, 0.05) is 7.11 Å². The van der Waals surface area contributed by atoms with E-state index in [-0.39, 0.29) is 6.10 Å². The molecule has 0 radical (unpaired) electrons. The molecule has 0 aromatic rings. The van der Waals surface area contributed by atoms with Crippen molar-refractivity contribution in [2.24, 2.45) is 5.73 Å². The third-order valence-corrected chi connectivity index (χ3v) is 1.80. The van der Waals surface area contributed by atoms with Gasteiger partial charge >= 0.3 is 0 Å². The number of nitrogens with two attached hydrogens (primary N) is 1. The zero-order valence-electron chi connectivity index (χ0n) is 9.12. The fraction of sp³-hybridized carbons (Fsp3) is 0.636. The van der Waals surface area contributed by atoms with Crippen molar-refractivity contribution in [3.63, 3.8) is 0 Å². The SMILES string of the molecule is C#CC(C)(N)C/C=C/OCC(C)OC. The first-order chi connectivity index (χ1) is 6.52. The zero-order chi connectivity index (χ0) is 11.0. The van der Waals surface area contributed by atoms with Gasteiger partial charge in [-0.15, -0.1) is 6.42 Å². The first-order valence-electron chi connectivity index (χ1n) is 4.58. The predicted molar refractivity (Wildman–Crippen MR) is 57.6 cm³/mol. The van der Waals surface area contributed by atoms with Gasteiger partial charge in [-0.3, -0.25) is 0 Å². The lowest BCUT2D eigenvalue weighted by Crippen LogP contribution is -2.33. The van der Waals surface area contributed by atoms with Crippen LogP contribution >= 0.6 is 0 Å². The molecule has 14 heavy (non-hydrogen) atoms. The van der Waals surface area contributed by atoms with Crippen molar-refractivity contribution in [1.29, 1.82) is 0 Å². The third-order valence-electron chi connectivity index (χ3n) is 1.80. The van der Waals surface area contributed by atoms with Crippen molar-refractivity contribution >= 4 is 0 Å². The molecule has 0 saturated carbocycles. The molecular weight excluding hydrogens is 178 g/mol. The van der Waals surface area contributed by atoms with E-state index in [9.17, 15) is 0 Å². The molecule has 0 aliphatic heterocycles. The van der Waals surface area contributed by atoms with E-state index in [1.54, 1.807) is 20.3 Å². The van der Waals surface area contributed by atoms with Crippen molar-refractivity contribution in [2.75, 3.05) is 13.7 Å². The molecule has 0 rings (SSSR count). The van der Waals surface area contributed by atoms with Crippen molar-refractivity contribution in [3.05, 3.63) is 12.3 Å². The number of rotatable bonds is 6. The Labute approximate surface area is 86.3 Å². The highest BCUT2D eigenvalue weighted by Gasteiger charge is 2.10. The van der Waals surface area contributed by atoms with Crippen molar-refractivity contribution in [2.45, 2.75) is 31.9 Å². The maximum Gasteiger partial charge on any atom is 0.113 e. The van der Waals surface area contributed by atoms with Crippen LogP contribution in [0.5, 0.6) is 0 Å². The summed E-state index contributed by atoms with van der Waals surface area (Å²) in [5.41, 5.74) is 5.13. The summed E-state index contributed by atoms with van der Waals surface area (Å²) in [4.78, 5) is 0. The summed E-state index contributed by atoms with van der Waals surface area (Å²) in [7, 11) is 1.65. The van der Waals surface area contributed by atoms with Gasteiger partial charge in [-0.2, -0.15) is 0 Å². The van der Waals surface area contributed by atoms with E-state index in [0.717, 1.165) is 0 Å². The molecule has 2 unspecified atom stereocenters. The van der Waals surface area contributed by atoms with Gasteiger partial charge in [0.15, 0.2) is 0 Å². The van der Waals surface area contributed by atoms with Gasteiger partial charge in [0.1, 0.15) is 6.61 Å².